The number of nitrogens with one attached hydrogen (secondary N) is 2. The van der Waals surface area contributed by atoms with Crippen molar-refractivity contribution in [3.8, 4) is 5.75 Å². The van der Waals surface area contributed by atoms with Crippen molar-refractivity contribution < 1.29 is 19.4 Å². The molecule has 1 aromatic carbocycles. The maximum absolute atomic E-state index is 11.6. The molecular weight excluding hydrogens is 248 g/mol. The topological polar surface area (TPSA) is 87.7 Å². The fourth-order valence-corrected chi connectivity index (χ4v) is 1.32. The first kappa shape index (κ1) is 14.6. The van der Waals surface area contributed by atoms with Crippen molar-refractivity contribution in [2.75, 3.05) is 19.0 Å². The number of hydrogen-bond acceptors (Lipinski definition) is 4. The number of ether oxygens (including phenoxy) is 1. The minimum atomic E-state index is -0.585. The molecule has 0 bridgehead atoms. The number of esters is 1. The van der Waals surface area contributed by atoms with Crippen LogP contribution in [0.1, 0.15) is 5.56 Å². The average molecular weight is 264 g/mol. The van der Waals surface area contributed by atoms with Crippen LogP contribution in [0.5, 0.6) is 5.75 Å². The van der Waals surface area contributed by atoms with Crippen LogP contribution >= 0.6 is 0 Å². The van der Waals surface area contributed by atoms with Gasteiger partial charge in [-0.2, -0.15) is 0 Å². The van der Waals surface area contributed by atoms with E-state index < -0.39 is 12.0 Å². The summed E-state index contributed by atoms with van der Waals surface area (Å²) in [5.41, 5.74) is 1.32. The van der Waals surface area contributed by atoms with E-state index in [1.54, 1.807) is 12.1 Å². The molecule has 19 heavy (non-hydrogen) atoms. The van der Waals surface area contributed by atoms with E-state index in [9.17, 15) is 14.7 Å². The fourth-order valence-electron chi connectivity index (χ4n) is 1.32. The van der Waals surface area contributed by atoms with Crippen LogP contribution in [0.3, 0.4) is 0 Å². The fraction of sp³-hybridized carbons (Fsp3) is 0.231. The average Bonchev–Trinajstić information content (AvgIpc) is 2.39. The Morgan fingerprint density at radius 3 is 2.74 bits per heavy atom. The minimum Gasteiger partial charge on any atom is -0.506 e. The largest absolute Gasteiger partial charge is 0.506 e. The van der Waals surface area contributed by atoms with Crippen LogP contribution in [-0.4, -0.2) is 30.8 Å². The lowest BCUT2D eigenvalue weighted by atomic mass is 10.2. The minimum absolute atomic E-state index is 0.0347. The summed E-state index contributed by atoms with van der Waals surface area (Å²) in [6.07, 6.45) is 0. The van der Waals surface area contributed by atoms with Gasteiger partial charge in [-0.15, -0.1) is 0 Å². The highest BCUT2D eigenvalue weighted by Crippen LogP contribution is 2.23. The highest BCUT2D eigenvalue weighted by atomic mass is 16.5. The summed E-state index contributed by atoms with van der Waals surface area (Å²) in [7, 11) is 1.23. The van der Waals surface area contributed by atoms with Crippen molar-refractivity contribution in [2.45, 2.75) is 6.92 Å². The summed E-state index contributed by atoms with van der Waals surface area (Å²) >= 11 is 0. The molecule has 102 valence electrons. The van der Waals surface area contributed by atoms with Crippen LogP contribution in [0.25, 0.3) is 0 Å². The van der Waals surface area contributed by atoms with Gasteiger partial charge in [0.15, 0.2) is 0 Å². The van der Waals surface area contributed by atoms with Gasteiger partial charge in [0.1, 0.15) is 5.75 Å². The number of hydrogen-bond donors (Lipinski definition) is 3. The number of aryl methyl sites for hydroxylation is 1. The molecule has 1 aromatic rings. The van der Waals surface area contributed by atoms with Crippen LogP contribution in [0, 0.1) is 6.92 Å². The summed E-state index contributed by atoms with van der Waals surface area (Å²) < 4.78 is 4.45. The molecule has 0 saturated heterocycles. The highest BCUT2D eigenvalue weighted by molar-refractivity contribution is 5.93. The number of carbonyl (C=O) groups is 2. The molecule has 6 heteroatoms. The number of rotatable bonds is 4. The first-order chi connectivity index (χ1) is 8.93. The first-order valence-corrected chi connectivity index (χ1v) is 5.54. The third-order valence-electron chi connectivity index (χ3n) is 2.34. The van der Waals surface area contributed by atoms with Gasteiger partial charge in [-0.25, -0.2) is 9.59 Å². The van der Waals surface area contributed by atoms with Crippen LogP contribution < -0.4 is 10.6 Å². The summed E-state index contributed by atoms with van der Waals surface area (Å²) in [5.74, 6) is -0.619. The number of phenolic OH excluding ortho intramolecular Hbond substituents is 1. The van der Waals surface area contributed by atoms with E-state index in [0.29, 0.717) is 5.69 Å². The lowest BCUT2D eigenvalue weighted by molar-refractivity contribution is -0.136. The van der Waals surface area contributed by atoms with E-state index in [4.69, 9.17) is 0 Å². The summed E-state index contributed by atoms with van der Waals surface area (Å²) in [4.78, 5) is 22.6. The molecule has 0 spiro atoms. The number of carbonyl (C=O) groups excluding carboxylic acids is 2. The Kier molecular flexibility index (Phi) is 4.93. The SMILES string of the molecule is C=C(CNC(=O)Nc1cc(C)ccc1O)C(=O)OC. The number of phenols is 1. The molecule has 0 unspecified atom stereocenters. The van der Waals surface area contributed by atoms with E-state index in [2.05, 4.69) is 21.9 Å². The second-order valence-corrected chi connectivity index (χ2v) is 3.92. The van der Waals surface area contributed by atoms with E-state index in [1.807, 2.05) is 6.92 Å². The molecule has 3 N–H and O–H groups in total. The number of urea groups is 1. The molecule has 2 amide bonds. The van der Waals surface area contributed by atoms with Crippen LogP contribution in [0.2, 0.25) is 0 Å². The number of methoxy groups -OCH3 is 1. The lowest BCUT2D eigenvalue weighted by Crippen LogP contribution is -2.31. The molecule has 0 saturated carbocycles. The number of amides is 2. The zero-order chi connectivity index (χ0) is 14.4. The van der Waals surface area contributed by atoms with Crippen molar-refractivity contribution >= 4 is 17.7 Å². The smallest absolute Gasteiger partial charge is 0.334 e. The van der Waals surface area contributed by atoms with Crippen molar-refractivity contribution in [2.24, 2.45) is 0 Å². The monoisotopic (exact) mass is 264 g/mol. The Bertz CT molecular complexity index is 511. The van der Waals surface area contributed by atoms with Crippen LogP contribution in [0.4, 0.5) is 10.5 Å². The van der Waals surface area contributed by atoms with Crippen molar-refractivity contribution in [3.05, 3.63) is 35.9 Å². The molecule has 0 aromatic heterocycles. The normalized spacial score (nSPS) is 9.58. The maximum Gasteiger partial charge on any atom is 0.334 e. The molecule has 0 fully saturated rings. The van der Waals surface area contributed by atoms with Gasteiger partial charge in [0.2, 0.25) is 0 Å². The summed E-state index contributed by atoms with van der Waals surface area (Å²) in [5, 5.41) is 14.5. The van der Waals surface area contributed by atoms with Gasteiger partial charge in [-0.05, 0) is 24.6 Å². The van der Waals surface area contributed by atoms with Crippen LogP contribution in [0.15, 0.2) is 30.4 Å². The predicted octanol–water partition coefficient (Wildman–Crippen LogP) is 1.55. The van der Waals surface area contributed by atoms with Crippen molar-refractivity contribution in [1.82, 2.24) is 5.32 Å². The first-order valence-electron chi connectivity index (χ1n) is 5.54. The second kappa shape index (κ2) is 6.44. The Morgan fingerprint density at radius 2 is 2.11 bits per heavy atom. The third-order valence-corrected chi connectivity index (χ3v) is 2.34. The Morgan fingerprint density at radius 1 is 1.42 bits per heavy atom. The zero-order valence-electron chi connectivity index (χ0n) is 10.8. The lowest BCUT2D eigenvalue weighted by Gasteiger charge is -2.10. The predicted molar refractivity (Wildman–Crippen MR) is 71.0 cm³/mol. The van der Waals surface area contributed by atoms with Gasteiger partial charge in [0.25, 0.3) is 0 Å². The second-order valence-electron chi connectivity index (χ2n) is 3.92. The van der Waals surface area contributed by atoms with E-state index in [-0.39, 0.29) is 17.9 Å². The molecule has 0 aliphatic carbocycles. The number of anilines is 1. The quantitative estimate of drug-likeness (QED) is 0.437. The molecule has 0 aliphatic rings. The van der Waals surface area contributed by atoms with Gasteiger partial charge >= 0.3 is 12.0 Å². The van der Waals surface area contributed by atoms with Gasteiger partial charge in [0, 0.05) is 5.57 Å². The molecule has 0 atom stereocenters. The van der Waals surface area contributed by atoms with Gasteiger partial charge < -0.3 is 20.5 Å². The Labute approximate surface area is 111 Å². The third kappa shape index (κ3) is 4.34. The van der Waals surface area contributed by atoms with E-state index in [0.717, 1.165) is 5.56 Å². The molecule has 0 heterocycles. The molecular formula is C13H16N2O4. The standard InChI is InChI=1S/C13H16N2O4/c1-8-4-5-11(16)10(6-8)15-13(18)14-7-9(2)12(17)19-3/h4-6,16H,2,7H2,1,3H3,(H2,14,15,18). The molecule has 6 nitrogen and oxygen atoms in total. The highest BCUT2D eigenvalue weighted by Gasteiger charge is 2.10. The summed E-state index contributed by atoms with van der Waals surface area (Å²) in [6, 6.07) is 4.28. The van der Waals surface area contributed by atoms with E-state index in [1.165, 1.54) is 13.2 Å². The summed E-state index contributed by atoms with van der Waals surface area (Å²) in [6.45, 7) is 5.27. The van der Waals surface area contributed by atoms with Crippen LogP contribution in [-0.2, 0) is 9.53 Å². The van der Waals surface area contributed by atoms with Crippen molar-refractivity contribution in [1.29, 1.82) is 0 Å². The van der Waals surface area contributed by atoms with Crippen molar-refractivity contribution in [3.63, 3.8) is 0 Å². The molecule has 0 aliphatic heterocycles. The number of benzene rings is 1. The molecule has 0 radical (unpaired) electrons. The maximum atomic E-state index is 11.6. The van der Waals surface area contributed by atoms with Gasteiger partial charge in [-0.1, -0.05) is 12.6 Å². The Hall–Kier alpha value is -2.50. The van der Waals surface area contributed by atoms with E-state index >= 15 is 0 Å². The zero-order valence-corrected chi connectivity index (χ0v) is 10.8. The number of aromatic hydroxyl groups is 1. The van der Waals surface area contributed by atoms with Gasteiger partial charge in [0.05, 0.1) is 19.3 Å². The molecule has 1 rings (SSSR count). The Balaban J connectivity index is 2.54. The van der Waals surface area contributed by atoms with Gasteiger partial charge in [-0.3, -0.25) is 0 Å².